The Morgan fingerprint density at radius 3 is 2.38 bits per heavy atom. The number of carbonyl (C=O) groups excluding carboxylic acids is 1. The second-order valence-electron chi connectivity index (χ2n) is 4.32. The summed E-state index contributed by atoms with van der Waals surface area (Å²) in [6, 6.07) is 10.3. The molecule has 0 aromatic heterocycles. The van der Waals surface area contributed by atoms with Crippen molar-refractivity contribution in [3.63, 3.8) is 0 Å². The van der Waals surface area contributed by atoms with Crippen molar-refractivity contribution in [3.8, 4) is 0 Å². The minimum absolute atomic E-state index is 0.00914. The molecule has 0 saturated heterocycles. The fraction of sp³-hybridized carbons (Fsp3) is 0.0714. The number of benzene rings is 2. The number of rotatable bonds is 4. The Labute approximate surface area is 132 Å². The number of halogens is 2. The van der Waals surface area contributed by atoms with Gasteiger partial charge in [0.2, 0.25) is 0 Å². The van der Waals surface area contributed by atoms with Gasteiger partial charge in [0.25, 0.3) is 10.0 Å². The minimum atomic E-state index is -3.80. The summed E-state index contributed by atoms with van der Waals surface area (Å²) in [5.41, 5.74) is 0.720. The van der Waals surface area contributed by atoms with Gasteiger partial charge >= 0.3 is 0 Å². The molecule has 0 radical (unpaired) electrons. The molecule has 2 rings (SSSR count). The quantitative estimate of drug-likeness (QED) is 0.853. The molecule has 4 nitrogen and oxygen atoms in total. The highest BCUT2D eigenvalue weighted by Gasteiger charge is 2.16. The summed E-state index contributed by atoms with van der Waals surface area (Å²) in [5.74, 6) is -0.148. The van der Waals surface area contributed by atoms with E-state index in [-0.39, 0.29) is 20.7 Å². The summed E-state index contributed by atoms with van der Waals surface area (Å²) in [6.07, 6.45) is 0. The van der Waals surface area contributed by atoms with Crippen LogP contribution in [-0.2, 0) is 10.0 Å². The Bertz CT molecular complexity index is 804. The van der Waals surface area contributed by atoms with Crippen molar-refractivity contribution in [2.45, 2.75) is 11.8 Å². The lowest BCUT2D eigenvalue weighted by Crippen LogP contribution is -2.13. The first kappa shape index (κ1) is 15.8. The van der Waals surface area contributed by atoms with Gasteiger partial charge in [0.05, 0.1) is 14.9 Å². The van der Waals surface area contributed by atoms with Gasteiger partial charge in [-0.25, -0.2) is 8.42 Å². The van der Waals surface area contributed by atoms with E-state index in [1.165, 1.54) is 31.2 Å². The number of anilines is 1. The smallest absolute Gasteiger partial charge is 0.261 e. The highest BCUT2D eigenvalue weighted by atomic mass is 35.5. The molecule has 0 fully saturated rings. The number of sulfonamides is 1. The van der Waals surface area contributed by atoms with Crippen LogP contribution in [0, 0.1) is 0 Å². The summed E-state index contributed by atoms with van der Waals surface area (Å²) >= 11 is 11.6. The fourth-order valence-corrected chi connectivity index (χ4v) is 3.10. The Kier molecular flexibility index (Phi) is 4.56. The average molecular weight is 344 g/mol. The monoisotopic (exact) mass is 343 g/mol. The van der Waals surface area contributed by atoms with E-state index in [1.54, 1.807) is 18.2 Å². The summed E-state index contributed by atoms with van der Waals surface area (Å²) in [5, 5.41) is 0.422. The fourth-order valence-electron chi connectivity index (χ4n) is 1.66. The molecule has 2 aromatic carbocycles. The van der Waals surface area contributed by atoms with Crippen molar-refractivity contribution in [2.75, 3.05) is 4.72 Å². The first-order valence-electron chi connectivity index (χ1n) is 5.88. The SMILES string of the molecule is CC(=O)c1cccc(NS(=O)(=O)c2ccc(Cl)c(Cl)c2)c1. The van der Waals surface area contributed by atoms with Crippen molar-refractivity contribution < 1.29 is 13.2 Å². The Balaban J connectivity index is 2.35. The van der Waals surface area contributed by atoms with Gasteiger partial charge < -0.3 is 0 Å². The molecule has 0 aliphatic heterocycles. The minimum Gasteiger partial charge on any atom is -0.295 e. The molecule has 0 amide bonds. The summed E-state index contributed by atoms with van der Waals surface area (Å²) in [7, 11) is -3.80. The van der Waals surface area contributed by atoms with Crippen LogP contribution in [0.25, 0.3) is 0 Å². The maximum Gasteiger partial charge on any atom is 0.261 e. The predicted octanol–water partition coefficient (Wildman–Crippen LogP) is 4.00. The van der Waals surface area contributed by atoms with Crippen LogP contribution in [-0.4, -0.2) is 14.2 Å². The zero-order valence-corrected chi connectivity index (χ0v) is 13.3. The molecule has 21 heavy (non-hydrogen) atoms. The molecule has 0 saturated carbocycles. The summed E-state index contributed by atoms with van der Waals surface area (Å²) in [6.45, 7) is 1.41. The van der Waals surface area contributed by atoms with E-state index in [0.29, 0.717) is 11.3 Å². The number of ketones is 1. The molecule has 0 unspecified atom stereocenters. The maximum atomic E-state index is 12.2. The van der Waals surface area contributed by atoms with Gasteiger partial charge in [-0.3, -0.25) is 9.52 Å². The van der Waals surface area contributed by atoms with Crippen LogP contribution in [0.4, 0.5) is 5.69 Å². The molecular formula is C14H11Cl2NO3S. The normalized spacial score (nSPS) is 11.2. The predicted molar refractivity (Wildman–Crippen MR) is 83.7 cm³/mol. The van der Waals surface area contributed by atoms with Crippen LogP contribution < -0.4 is 4.72 Å². The van der Waals surface area contributed by atoms with Crippen LogP contribution in [0.1, 0.15) is 17.3 Å². The third-order valence-corrected chi connectivity index (χ3v) is 4.84. The van der Waals surface area contributed by atoms with E-state index in [9.17, 15) is 13.2 Å². The second kappa shape index (κ2) is 6.05. The Hall–Kier alpha value is -1.56. The van der Waals surface area contributed by atoms with Gasteiger partial charge in [-0.05, 0) is 37.3 Å². The van der Waals surface area contributed by atoms with E-state index in [2.05, 4.69) is 4.72 Å². The van der Waals surface area contributed by atoms with Gasteiger partial charge in [-0.2, -0.15) is 0 Å². The van der Waals surface area contributed by atoms with Crippen LogP contribution in [0.5, 0.6) is 0 Å². The first-order chi connectivity index (χ1) is 9.79. The highest BCUT2D eigenvalue weighted by Crippen LogP contribution is 2.26. The molecule has 0 aliphatic rings. The van der Waals surface area contributed by atoms with Crippen molar-refractivity contribution in [1.29, 1.82) is 0 Å². The lowest BCUT2D eigenvalue weighted by Gasteiger charge is -2.09. The average Bonchev–Trinajstić information content (AvgIpc) is 2.41. The molecule has 0 spiro atoms. The van der Waals surface area contributed by atoms with E-state index < -0.39 is 10.0 Å². The van der Waals surface area contributed by atoms with Crippen LogP contribution in [0.15, 0.2) is 47.4 Å². The Morgan fingerprint density at radius 2 is 1.76 bits per heavy atom. The third-order valence-electron chi connectivity index (χ3n) is 2.72. The maximum absolute atomic E-state index is 12.2. The van der Waals surface area contributed by atoms with Crippen molar-refractivity contribution in [3.05, 3.63) is 58.1 Å². The molecular weight excluding hydrogens is 333 g/mol. The van der Waals surface area contributed by atoms with Crippen molar-refractivity contribution in [2.24, 2.45) is 0 Å². The van der Waals surface area contributed by atoms with E-state index in [4.69, 9.17) is 23.2 Å². The molecule has 7 heteroatoms. The van der Waals surface area contributed by atoms with Gasteiger partial charge in [-0.15, -0.1) is 0 Å². The number of hydrogen-bond acceptors (Lipinski definition) is 3. The third kappa shape index (κ3) is 3.75. The second-order valence-corrected chi connectivity index (χ2v) is 6.82. The molecule has 0 aliphatic carbocycles. The molecule has 0 bridgehead atoms. The van der Waals surface area contributed by atoms with Gasteiger partial charge in [0.1, 0.15) is 0 Å². The number of hydrogen-bond donors (Lipinski definition) is 1. The molecule has 0 atom stereocenters. The highest BCUT2D eigenvalue weighted by molar-refractivity contribution is 7.92. The van der Waals surface area contributed by atoms with Crippen molar-refractivity contribution in [1.82, 2.24) is 0 Å². The molecule has 1 N–H and O–H groups in total. The van der Waals surface area contributed by atoms with Gasteiger partial charge in [0.15, 0.2) is 5.78 Å². The van der Waals surface area contributed by atoms with Crippen LogP contribution in [0.3, 0.4) is 0 Å². The van der Waals surface area contributed by atoms with Crippen molar-refractivity contribution >= 4 is 44.7 Å². The number of carbonyl (C=O) groups is 1. The van der Waals surface area contributed by atoms with E-state index in [0.717, 1.165) is 0 Å². The zero-order chi connectivity index (χ0) is 15.6. The standard InChI is InChI=1S/C14H11Cl2NO3S/c1-9(18)10-3-2-4-11(7-10)17-21(19,20)12-5-6-13(15)14(16)8-12/h2-8,17H,1H3. The summed E-state index contributed by atoms with van der Waals surface area (Å²) in [4.78, 5) is 11.3. The van der Waals surface area contributed by atoms with E-state index in [1.807, 2.05) is 0 Å². The van der Waals surface area contributed by atoms with Crippen LogP contribution in [0.2, 0.25) is 10.0 Å². The van der Waals surface area contributed by atoms with Gasteiger partial charge in [0, 0.05) is 11.3 Å². The lowest BCUT2D eigenvalue weighted by molar-refractivity contribution is 0.101. The van der Waals surface area contributed by atoms with Gasteiger partial charge in [-0.1, -0.05) is 35.3 Å². The number of Topliss-reactive ketones (excluding diaryl/α,β-unsaturated/α-hetero) is 1. The topological polar surface area (TPSA) is 63.2 Å². The molecule has 0 heterocycles. The van der Waals surface area contributed by atoms with Crippen LogP contribution >= 0.6 is 23.2 Å². The first-order valence-corrected chi connectivity index (χ1v) is 8.12. The lowest BCUT2D eigenvalue weighted by atomic mass is 10.1. The van der Waals surface area contributed by atoms with E-state index >= 15 is 0 Å². The molecule has 110 valence electrons. The zero-order valence-electron chi connectivity index (χ0n) is 10.9. The largest absolute Gasteiger partial charge is 0.295 e. The number of nitrogens with one attached hydrogen (secondary N) is 1. The summed E-state index contributed by atoms with van der Waals surface area (Å²) < 4.78 is 26.9. The Morgan fingerprint density at radius 1 is 1.05 bits per heavy atom. The molecule has 2 aromatic rings.